The number of aryl methyl sites for hydroxylation is 1. The van der Waals surface area contributed by atoms with Gasteiger partial charge in [0.1, 0.15) is 0 Å². The summed E-state index contributed by atoms with van der Waals surface area (Å²) >= 11 is 5.98. The first-order valence-electron chi connectivity index (χ1n) is 5.02. The second kappa shape index (κ2) is 4.50. The van der Waals surface area contributed by atoms with Gasteiger partial charge >= 0.3 is 0 Å². The average molecular weight is 231 g/mol. The van der Waals surface area contributed by atoms with Gasteiger partial charge in [0.05, 0.1) is 5.02 Å². The highest BCUT2D eigenvalue weighted by Crippen LogP contribution is 2.25. The second-order valence-corrected chi connectivity index (χ2v) is 4.13. The Morgan fingerprint density at radius 2 is 1.62 bits per heavy atom. The molecule has 80 valence electrons. The van der Waals surface area contributed by atoms with E-state index in [9.17, 15) is 4.79 Å². The molecule has 2 aromatic rings. The van der Waals surface area contributed by atoms with Crippen LogP contribution in [0.1, 0.15) is 15.9 Å². The molecule has 2 rings (SSSR count). The lowest BCUT2D eigenvalue weighted by Gasteiger charge is -2.04. The minimum Gasteiger partial charge on any atom is -0.298 e. The number of benzene rings is 2. The summed E-state index contributed by atoms with van der Waals surface area (Å²) in [5, 5.41) is 0.494. The van der Waals surface area contributed by atoms with Crippen LogP contribution in [0.4, 0.5) is 0 Å². The lowest BCUT2D eigenvalue weighted by molar-refractivity contribution is 0.112. The summed E-state index contributed by atoms with van der Waals surface area (Å²) in [6, 6.07) is 13.7. The standard InChI is InChI=1S/C14H11ClO/c1-10-2-4-11(5-3-10)12-6-7-13(9-16)14(15)8-12/h2-9H,1H3. The Labute approximate surface area is 99.7 Å². The van der Waals surface area contributed by atoms with Crippen LogP contribution in [0.5, 0.6) is 0 Å². The molecule has 0 saturated heterocycles. The van der Waals surface area contributed by atoms with Gasteiger partial charge in [0, 0.05) is 5.56 Å². The summed E-state index contributed by atoms with van der Waals surface area (Å²) in [6.07, 6.45) is 0.765. The fraction of sp³-hybridized carbons (Fsp3) is 0.0714. The zero-order valence-electron chi connectivity index (χ0n) is 8.91. The normalized spacial score (nSPS) is 10.1. The van der Waals surface area contributed by atoms with Crippen LogP contribution in [0.15, 0.2) is 42.5 Å². The fourth-order valence-corrected chi connectivity index (χ4v) is 1.77. The molecule has 0 amide bonds. The first-order valence-corrected chi connectivity index (χ1v) is 5.40. The smallest absolute Gasteiger partial charge is 0.151 e. The summed E-state index contributed by atoms with van der Waals surface area (Å²) in [5.74, 6) is 0. The lowest BCUT2D eigenvalue weighted by Crippen LogP contribution is -1.84. The van der Waals surface area contributed by atoms with E-state index in [4.69, 9.17) is 11.6 Å². The number of aldehydes is 1. The van der Waals surface area contributed by atoms with Gasteiger partial charge in [-0.05, 0) is 30.2 Å². The summed E-state index contributed by atoms with van der Waals surface area (Å²) in [6.45, 7) is 2.05. The van der Waals surface area contributed by atoms with Gasteiger partial charge in [-0.25, -0.2) is 0 Å². The van der Waals surface area contributed by atoms with Gasteiger partial charge in [-0.3, -0.25) is 4.79 Å². The van der Waals surface area contributed by atoms with Crippen LogP contribution in [-0.4, -0.2) is 6.29 Å². The van der Waals surface area contributed by atoms with Crippen molar-refractivity contribution in [3.05, 3.63) is 58.6 Å². The maximum absolute atomic E-state index is 10.6. The van der Waals surface area contributed by atoms with Crippen LogP contribution in [0, 0.1) is 6.92 Å². The Balaban J connectivity index is 2.45. The second-order valence-electron chi connectivity index (χ2n) is 3.72. The first kappa shape index (κ1) is 10.9. The number of rotatable bonds is 2. The van der Waals surface area contributed by atoms with Crippen LogP contribution in [0.3, 0.4) is 0 Å². The fourth-order valence-electron chi connectivity index (χ4n) is 1.55. The number of halogens is 1. The Hall–Kier alpha value is -1.60. The minimum atomic E-state index is 0.494. The maximum Gasteiger partial charge on any atom is 0.151 e. The average Bonchev–Trinajstić information content (AvgIpc) is 2.30. The molecule has 2 aromatic carbocycles. The van der Waals surface area contributed by atoms with Crippen LogP contribution in [-0.2, 0) is 0 Å². The first-order chi connectivity index (χ1) is 7.70. The van der Waals surface area contributed by atoms with Crippen molar-refractivity contribution in [2.24, 2.45) is 0 Å². The summed E-state index contributed by atoms with van der Waals surface area (Å²) < 4.78 is 0. The van der Waals surface area contributed by atoms with E-state index >= 15 is 0 Å². The molecule has 16 heavy (non-hydrogen) atoms. The third kappa shape index (κ3) is 2.15. The third-order valence-corrected chi connectivity index (χ3v) is 2.84. The van der Waals surface area contributed by atoms with Crippen molar-refractivity contribution >= 4 is 17.9 Å². The minimum absolute atomic E-state index is 0.494. The maximum atomic E-state index is 10.6. The van der Waals surface area contributed by atoms with Crippen molar-refractivity contribution < 1.29 is 4.79 Å². The largest absolute Gasteiger partial charge is 0.298 e. The van der Waals surface area contributed by atoms with E-state index in [1.807, 2.05) is 31.2 Å². The highest BCUT2D eigenvalue weighted by molar-refractivity contribution is 6.33. The molecule has 0 aliphatic carbocycles. The number of carbonyl (C=O) groups excluding carboxylic acids is 1. The topological polar surface area (TPSA) is 17.1 Å². The van der Waals surface area contributed by atoms with E-state index in [2.05, 4.69) is 12.1 Å². The predicted molar refractivity (Wildman–Crippen MR) is 67.0 cm³/mol. The molecular formula is C14H11ClO. The molecule has 0 saturated carbocycles. The van der Waals surface area contributed by atoms with Crippen LogP contribution < -0.4 is 0 Å². The SMILES string of the molecule is Cc1ccc(-c2ccc(C=O)c(Cl)c2)cc1. The molecule has 0 aromatic heterocycles. The van der Waals surface area contributed by atoms with Crippen molar-refractivity contribution in [2.45, 2.75) is 6.92 Å². The van der Waals surface area contributed by atoms with Gasteiger partial charge in [0.25, 0.3) is 0 Å². The molecule has 2 heteroatoms. The molecule has 0 aliphatic rings. The predicted octanol–water partition coefficient (Wildman–Crippen LogP) is 4.13. The van der Waals surface area contributed by atoms with E-state index in [1.54, 1.807) is 6.07 Å². The Kier molecular flexibility index (Phi) is 3.07. The zero-order valence-corrected chi connectivity index (χ0v) is 9.66. The number of hydrogen-bond acceptors (Lipinski definition) is 1. The Bertz CT molecular complexity index is 515. The summed E-state index contributed by atoms with van der Waals surface area (Å²) in [7, 11) is 0. The molecule has 0 radical (unpaired) electrons. The summed E-state index contributed by atoms with van der Waals surface area (Å²) in [5.41, 5.74) is 3.87. The van der Waals surface area contributed by atoms with E-state index < -0.39 is 0 Å². The van der Waals surface area contributed by atoms with Crippen molar-refractivity contribution in [2.75, 3.05) is 0 Å². The van der Waals surface area contributed by atoms with E-state index in [1.165, 1.54) is 5.56 Å². The molecule has 1 nitrogen and oxygen atoms in total. The third-order valence-electron chi connectivity index (χ3n) is 2.51. The zero-order chi connectivity index (χ0) is 11.5. The molecule has 0 atom stereocenters. The molecule has 0 fully saturated rings. The van der Waals surface area contributed by atoms with Crippen LogP contribution >= 0.6 is 11.6 Å². The van der Waals surface area contributed by atoms with Crippen molar-refractivity contribution in [1.29, 1.82) is 0 Å². The number of hydrogen-bond donors (Lipinski definition) is 0. The summed E-state index contributed by atoms with van der Waals surface area (Å²) in [4.78, 5) is 10.6. The van der Waals surface area contributed by atoms with Crippen molar-refractivity contribution in [3.63, 3.8) is 0 Å². The van der Waals surface area contributed by atoms with E-state index in [-0.39, 0.29) is 0 Å². The Morgan fingerprint density at radius 3 is 2.19 bits per heavy atom. The lowest BCUT2D eigenvalue weighted by atomic mass is 10.0. The Morgan fingerprint density at radius 1 is 1.00 bits per heavy atom. The molecule has 0 unspecified atom stereocenters. The van der Waals surface area contributed by atoms with Crippen LogP contribution in [0.25, 0.3) is 11.1 Å². The molecule has 0 bridgehead atoms. The molecule has 0 aliphatic heterocycles. The van der Waals surface area contributed by atoms with Gasteiger partial charge in [0.2, 0.25) is 0 Å². The van der Waals surface area contributed by atoms with Gasteiger partial charge in [-0.2, -0.15) is 0 Å². The highest BCUT2D eigenvalue weighted by Gasteiger charge is 2.02. The monoisotopic (exact) mass is 230 g/mol. The highest BCUT2D eigenvalue weighted by atomic mass is 35.5. The molecule has 0 N–H and O–H groups in total. The van der Waals surface area contributed by atoms with Gasteiger partial charge in [-0.1, -0.05) is 47.5 Å². The molecule has 0 heterocycles. The molecular weight excluding hydrogens is 220 g/mol. The molecule has 0 spiro atoms. The van der Waals surface area contributed by atoms with Crippen molar-refractivity contribution in [1.82, 2.24) is 0 Å². The van der Waals surface area contributed by atoms with Gasteiger partial charge in [-0.15, -0.1) is 0 Å². The number of carbonyl (C=O) groups is 1. The van der Waals surface area contributed by atoms with E-state index in [0.717, 1.165) is 17.4 Å². The van der Waals surface area contributed by atoms with Gasteiger partial charge in [0.15, 0.2) is 6.29 Å². The van der Waals surface area contributed by atoms with Crippen molar-refractivity contribution in [3.8, 4) is 11.1 Å². The van der Waals surface area contributed by atoms with E-state index in [0.29, 0.717) is 10.6 Å². The quantitative estimate of drug-likeness (QED) is 0.709. The van der Waals surface area contributed by atoms with Crippen LogP contribution in [0.2, 0.25) is 5.02 Å². The van der Waals surface area contributed by atoms with Gasteiger partial charge < -0.3 is 0 Å².